The number of ether oxygens (including phenoxy) is 1. The molecular weight excluding hydrogens is 415 g/mol. The molecule has 0 aliphatic carbocycles. The minimum atomic E-state index is -4.51. The number of anilines is 1. The van der Waals surface area contributed by atoms with Crippen molar-refractivity contribution in [3.8, 4) is 5.88 Å². The molecule has 0 saturated carbocycles. The zero-order chi connectivity index (χ0) is 21.6. The Kier molecular flexibility index (Phi) is 7.32. The molecule has 0 aliphatic heterocycles. The van der Waals surface area contributed by atoms with Crippen LogP contribution in [0.1, 0.15) is 35.1 Å². The van der Waals surface area contributed by atoms with Crippen molar-refractivity contribution in [2.75, 3.05) is 11.9 Å². The molecule has 12 heteroatoms. The molecule has 2 amide bonds. The zero-order valence-corrected chi connectivity index (χ0v) is 16.2. The van der Waals surface area contributed by atoms with E-state index in [1.807, 2.05) is 0 Å². The summed E-state index contributed by atoms with van der Waals surface area (Å²) in [4.78, 5) is 35.5. The third-order valence-corrected chi connectivity index (χ3v) is 3.62. The highest BCUT2D eigenvalue weighted by Crippen LogP contribution is 2.25. The van der Waals surface area contributed by atoms with E-state index >= 15 is 0 Å². The van der Waals surface area contributed by atoms with E-state index in [2.05, 4.69) is 30.3 Å². The van der Waals surface area contributed by atoms with Crippen LogP contribution in [-0.2, 0) is 11.3 Å². The van der Waals surface area contributed by atoms with Crippen LogP contribution >= 0.6 is 11.6 Å². The smallest absolute Gasteiger partial charge is 0.422 e. The summed E-state index contributed by atoms with van der Waals surface area (Å²) < 4.78 is 41.1. The molecule has 0 spiro atoms. The van der Waals surface area contributed by atoms with Gasteiger partial charge in [-0.15, -0.1) is 0 Å². The molecule has 0 bridgehead atoms. The fourth-order valence-corrected chi connectivity index (χ4v) is 2.29. The fourth-order valence-electron chi connectivity index (χ4n) is 2.04. The molecular formula is C17H17ClF3N5O3. The van der Waals surface area contributed by atoms with E-state index in [1.165, 1.54) is 18.3 Å². The van der Waals surface area contributed by atoms with Crippen LogP contribution < -0.4 is 15.4 Å². The van der Waals surface area contributed by atoms with Crippen LogP contribution in [0.15, 0.2) is 18.3 Å². The van der Waals surface area contributed by atoms with Crippen molar-refractivity contribution in [2.24, 2.45) is 0 Å². The monoisotopic (exact) mass is 431 g/mol. The topological polar surface area (TPSA) is 106 Å². The van der Waals surface area contributed by atoms with Gasteiger partial charge in [-0.1, -0.05) is 18.5 Å². The highest BCUT2D eigenvalue weighted by atomic mass is 35.5. The molecule has 8 nitrogen and oxygen atoms in total. The Morgan fingerprint density at radius 2 is 1.97 bits per heavy atom. The summed E-state index contributed by atoms with van der Waals surface area (Å²) in [6.07, 6.45) is -3.05. The lowest BCUT2D eigenvalue weighted by molar-refractivity contribution is -0.154. The second-order valence-corrected chi connectivity index (χ2v) is 6.24. The summed E-state index contributed by atoms with van der Waals surface area (Å²) >= 11 is 5.87. The summed E-state index contributed by atoms with van der Waals surface area (Å²) in [5, 5.41) is 4.93. The van der Waals surface area contributed by atoms with E-state index in [9.17, 15) is 22.8 Å². The van der Waals surface area contributed by atoms with Crippen LogP contribution in [0.5, 0.6) is 5.88 Å². The largest absolute Gasteiger partial charge is 0.467 e. The lowest BCUT2D eigenvalue weighted by atomic mass is 10.2. The minimum absolute atomic E-state index is 0.00912. The standard InChI is InChI=1S/C17H17ClF3N5O3/c1-3-13(27)26-16-24-9(2)4-12(25-16)14(28)22-6-10-5-11(18)15(23-7-10)29-8-17(19,20)21/h4-5,7H,3,6,8H2,1-2H3,(H,22,28)(H,24,25,26,27). The number of nitrogens with zero attached hydrogens (tertiary/aromatic N) is 3. The van der Waals surface area contributed by atoms with Crippen LogP contribution in [-0.4, -0.2) is 39.5 Å². The Hall–Kier alpha value is -2.95. The van der Waals surface area contributed by atoms with Gasteiger partial charge in [0.25, 0.3) is 5.91 Å². The van der Waals surface area contributed by atoms with Crippen LogP contribution in [0.2, 0.25) is 5.02 Å². The maximum Gasteiger partial charge on any atom is 0.422 e. The van der Waals surface area contributed by atoms with Gasteiger partial charge in [0.05, 0.1) is 0 Å². The first-order valence-electron chi connectivity index (χ1n) is 8.35. The van der Waals surface area contributed by atoms with Crippen molar-refractivity contribution >= 4 is 29.4 Å². The average molecular weight is 432 g/mol. The summed E-state index contributed by atoms with van der Waals surface area (Å²) in [6, 6.07) is 2.77. The van der Waals surface area contributed by atoms with Crippen LogP contribution in [0.3, 0.4) is 0 Å². The average Bonchev–Trinajstić information content (AvgIpc) is 2.64. The van der Waals surface area contributed by atoms with Gasteiger partial charge in [-0.3, -0.25) is 14.9 Å². The molecule has 0 atom stereocenters. The predicted molar refractivity (Wildman–Crippen MR) is 97.7 cm³/mol. The number of hydrogen-bond donors (Lipinski definition) is 2. The van der Waals surface area contributed by atoms with E-state index in [1.54, 1.807) is 13.8 Å². The molecule has 2 rings (SSSR count). The first-order chi connectivity index (χ1) is 13.6. The normalized spacial score (nSPS) is 11.1. The Bertz CT molecular complexity index is 908. The van der Waals surface area contributed by atoms with Gasteiger partial charge >= 0.3 is 6.18 Å². The molecule has 0 radical (unpaired) electrons. The first kappa shape index (κ1) is 22.3. The fraction of sp³-hybridized carbons (Fsp3) is 0.353. The number of carbonyl (C=O) groups excluding carboxylic acids is 2. The summed E-state index contributed by atoms with van der Waals surface area (Å²) in [7, 11) is 0. The van der Waals surface area contributed by atoms with Gasteiger partial charge in [-0.05, 0) is 24.6 Å². The maximum atomic E-state index is 12.3. The zero-order valence-electron chi connectivity index (χ0n) is 15.4. The lowest BCUT2D eigenvalue weighted by Crippen LogP contribution is -2.25. The van der Waals surface area contributed by atoms with E-state index < -0.39 is 18.7 Å². The maximum absolute atomic E-state index is 12.3. The number of pyridine rings is 1. The number of nitrogens with one attached hydrogen (secondary N) is 2. The van der Waals surface area contributed by atoms with Crippen molar-refractivity contribution in [3.05, 3.63) is 40.3 Å². The number of halogens is 4. The van der Waals surface area contributed by atoms with Gasteiger partial charge in [-0.25, -0.2) is 15.0 Å². The Labute approximate surface area is 168 Å². The highest BCUT2D eigenvalue weighted by Gasteiger charge is 2.29. The lowest BCUT2D eigenvalue weighted by Gasteiger charge is -2.11. The summed E-state index contributed by atoms with van der Waals surface area (Å²) in [6.45, 7) is 1.78. The number of hydrogen-bond acceptors (Lipinski definition) is 6. The van der Waals surface area contributed by atoms with Gasteiger partial charge in [0.2, 0.25) is 17.7 Å². The van der Waals surface area contributed by atoms with E-state index in [0.29, 0.717) is 11.3 Å². The second-order valence-electron chi connectivity index (χ2n) is 5.84. The second kappa shape index (κ2) is 9.50. The number of carbonyl (C=O) groups is 2. The minimum Gasteiger partial charge on any atom is -0.467 e. The number of aryl methyl sites for hydroxylation is 1. The Morgan fingerprint density at radius 1 is 1.24 bits per heavy atom. The van der Waals surface area contributed by atoms with Gasteiger partial charge in [0, 0.05) is 24.9 Å². The third-order valence-electron chi connectivity index (χ3n) is 3.35. The van der Waals surface area contributed by atoms with E-state index in [0.717, 1.165) is 0 Å². The Morgan fingerprint density at radius 3 is 2.59 bits per heavy atom. The number of amides is 2. The molecule has 2 N–H and O–H groups in total. The van der Waals surface area contributed by atoms with Crippen molar-refractivity contribution in [2.45, 2.75) is 33.0 Å². The number of alkyl halides is 3. The SMILES string of the molecule is CCC(=O)Nc1nc(C)cc(C(=O)NCc2cnc(OCC(F)(F)F)c(Cl)c2)n1. The van der Waals surface area contributed by atoms with Crippen molar-refractivity contribution in [1.29, 1.82) is 0 Å². The van der Waals surface area contributed by atoms with Crippen molar-refractivity contribution in [3.63, 3.8) is 0 Å². The molecule has 0 aliphatic rings. The van der Waals surface area contributed by atoms with Gasteiger partial charge in [0.1, 0.15) is 10.7 Å². The molecule has 0 fully saturated rings. The van der Waals surface area contributed by atoms with E-state index in [-0.39, 0.29) is 41.4 Å². The third kappa shape index (κ3) is 7.18. The van der Waals surface area contributed by atoms with Gasteiger partial charge in [-0.2, -0.15) is 13.2 Å². The molecule has 0 aromatic carbocycles. The summed E-state index contributed by atoms with van der Waals surface area (Å²) in [5.74, 6) is -1.19. The molecule has 29 heavy (non-hydrogen) atoms. The van der Waals surface area contributed by atoms with Gasteiger partial charge < -0.3 is 10.1 Å². The first-order valence-corrected chi connectivity index (χ1v) is 8.73. The molecule has 2 heterocycles. The van der Waals surface area contributed by atoms with E-state index in [4.69, 9.17) is 11.6 Å². The molecule has 0 unspecified atom stereocenters. The molecule has 2 aromatic heterocycles. The summed E-state index contributed by atoms with van der Waals surface area (Å²) in [5.41, 5.74) is 0.952. The predicted octanol–water partition coefficient (Wildman–Crippen LogP) is 3.05. The van der Waals surface area contributed by atoms with Crippen molar-refractivity contribution < 1.29 is 27.5 Å². The highest BCUT2D eigenvalue weighted by molar-refractivity contribution is 6.31. The molecule has 2 aromatic rings. The van der Waals surface area contributed by atoms with Crippen LogP contribution in [0.25, 0.3) is 0 Å². The Balaban J connectivity index is 2.02. The quantitative estimate of drug-likeness (QED) is 0.698. The molecule has 0 saturated heterocycles. The van der Waals surface area contributed by atoms with Gasteiger partial charge in [0.15, 0.2) is 6.61 Å². The number of rotatable bonds is 7. The van der Waals surface area contributed by atoms with Crippen LogP contribution in [0, 0.1) is 6.92 Å². The molecule has 156 valence electrons. The van der Waals surface area contributed by atoms with Crippen molar-refractivity contribution in [1.82, 2.24) is 20.3 Å². The number of aromatic nitrogens is 3. The van der Waals surface area contributed by atoms with Crippen LogP contribution in [0.4, 0.5) is 19.1 Å².